The zero-order valence-corrected chi connectivity index (χ0v) is 12.0. The van der Waals surface area contributed by atoms with E-state index in [1.807, 2.05) is 31.2 Å². The van der Waals surface area contributed by atoms with E-state index in [1.54, 1.807) is 0 Å². The smallest absolute Gasteiger partial charge is 0.168 e. The summed E-state index contributed by atoms with van der Waals surface area (Å²) in [4.78, 5) is 0. The first-order valence-electron chi connectivity index (χ1n) is 7.06. The molecular formula is C17H18N4. The van der Waals surface area contributed by atoms with Crippen LogP contribution in [-0.2, 0) is 6.42 Å². The van der Waals surface area contributed by atoms with E-state index in [0.717, 1.165) is 29.3 Å². The van der Waals surface area contributed by atoms with Crippen molar-refractivity contribution in [1.82, 2.24) is 14.8 Å². The fraction of sp³-hybridized carbons (Fsp3) is 0.176. The van der Waals surface area contributed by atoms with Crippen LogP contribution in [-0.4, -0.2) is 21.3 Å². The first kappa shape index (κ1) is 13.5. The van der Waals surface area contributed by atoms with Gasteiger partial charge in [0.1, 0.15) is 5.82 Å². The highest BCUT2D eigenvalue weighted by atomic mass is 15.3. The van der Waals surface area contributed by atoms with Crippen LogP contribution in [0.3, 0.4) is 0 Å². The molecule has 0 aliphatic carbocycles. The second-order valence-corrected chi connectivity index (χ2v) is 4.98. The number of benzene rings is 2. The predicted octanol–water partition coefficient (Wildman–Crippen LogP) is 2.74. The molecule has 0 saturated heterocycles. The quantitative estimate of drug-likeness (QED) is 0.798. The second-order valence-electron chi connectivity index (χ2n) is 4.98. The normalized spacial score (nSPS) is 10.8. The summed E-state index contributed by atoms with van der Waals surface area (Å²) in [6.07, 6.45) is 0.867. The number of hydrogen-bond donors (Lipinski definition) is 1. The summed E-state index contributed by atoms with van der Waals surface area (Å²) in [5.41, 5.74) is 8.99. The van der Waals surface area contributed by atoms with Crippen molar-refractivity contribution in [1.29, 1.82) is 0 Å². The molecule has 3 rings (SSSR count). The van der Waals surface area contributed by atoms with Crippen molar-refractivity contribution >= 4 is 0 Å². The molecule has 1 aromatic heterocycles. The minimum atomic E-state index is 0.647. The van der Waals surface area contributed by atoms with Crippen LogP contribution >= 0.6 is 0 Å². The Morgan fingerprint density at radius 2 is 1.81 bits per heavy atom. The molecule has 0 aliphatic heterocycles. The molecule has 4 nitrogen and oxygen atoms in total. The number of rotatable bonds is 4. The van der Waals surface area contributed by atoms with Gasteiger partial charge in [-0.1, -0.05) is 36.4 Å². The van der Waals surface area contributed by atoms with Crippen molar-refractivity contribution in [2.75, 3.05) is 6.54 Å². The van der Waals surface area contributed by atoms with Crippen molar-refractivity contribution in [2.24, 2.45) is 5.73 Å². The summed E-state index contributed by atoms with van der Waals surface area (Å²) in [6, 6.07) is 18.5. The van der Waals surface area contributed by atoms with Gasteiger partial charge >= 0.3 is 0 Å². The molecule has 0 aliphatic rings. The van der Waals surface area contributed by atoms with E-state index in [0.29, 0.717) is 6.54 Å². The highest BCUT2D eigenvalue weighted by Gasteiger charge is 2.12. The molecular weight excluding hydrogens is 260 g/mol. The van der Waals surface area contributed by atoms with E-state index < -0.39 is 0 Å². The van der Waals surface area contributed by atoms with E-state index in [9.17, 15) is 0 Å². The summed E-state index contributed by atoms with van der Waals surface area (Å²) in [6.45, 7) is 2.61. The summed E-state index contributed by atoms with van der Waals surface area (Å²) < 4.78 is 2.07. The Balaban J connectivity index is 2.10. The fourth-order valence-corrected chi connectivity index (χ4v) is 2.47. The van der Waals surface area contributed by atoms with Gasteiger partial charge in [0.25, 0.3) is 0 Å². The number of aromatic nitrogens is 3. The van der Waals surface area contributed by atoms with Gasteiger partial charge < -0.3 is 5.73 Å². The number of nitrogens with zero attached hydrogens (tertiary/aromatic N) is 3. The Bertz CT molecular complexity index is 732. The lowest BCUT2D eigenvalue weighted by molar-refractivity contribution is 0.964. The van der Waals surface area contributed by atoms with Gasteiger partial charge in [-0.05, 0) is 43.7 Å². The third-order valence-electron chi connectivity index (χ3n) is 3.46. The van der Waals surface area contributed by atoms with Crippen LogP contribution in [0, 0.1) is 6.92 Å². The predicted molar refractivity (Wildman–Crippen MR) is 84.3 cm³/mol. The number of hydrogen-bond acceptors (Lipinski definition) is 3. The highest BCUT2D eigenvalue weighted by molar-refractivity contribution is 5.59. The molecule has 1 heterocycles. The van der Waals surface area contributed by atoms with Crippen molar-refractivity contribution in [2.45, 2.75) is 13.3 Å². The van der Waals surface area contributed by atoms with Crippen molar-refractivity contribution in [3.05, 3.63) is 66.0 Å². The summed E-state index contributed by atoms with van der Waals surface area (Å²) in [5, 5.41) is 8.58. The van der Waals surface area contributed by atoms with Crippen molar-refractivity contribution in [3.63, 3.8) is 0 Å². The van der Waals surface area contributed by atoms with E-state index in [4.69, 9.17) is 5.73 Å². The van der Waals surface area contributed by atoms with E-state index in [1.165, 1.54) is 5.56 Å². The van der Waals surface area contributed by atoms with Gasteiger partial charge in [0, 0.05) is 11.3 Å². The van der Waals surface area contributed by atoms with E-state index in [-0.39, 0.29) is 0 Å². The standard InChI is InChI=1S/C17H18N4/c1-13-19-20-17(21(13)16-8-3-2-4-9-16)15-7-5-6-14(12-15)10-11-18/h2-9,12H,10-11,18H2,1H3. The van der Waals surface area contributed by atoms with E-state index >= 15 is 0 Å². The highest BCUT2D eigenvalue weighted by Crippen LogP contribution is 2.23. The summed E-state index contributed by atoms with van der Waals surface area (Å²) >= 11 is 0. The Hall–Kier alpha value is -2.46. The molecule has 0 saturated carbocycles. The lowest BCUT2D eigenvalue weighted by Gasteiger charge is -2.09. The van der Waals surface area contributed by atoms with Crippen LogP contribution < -0.4 is 5.73 Å². The molecule has 21 heavy (non-hydrogen) atoms. The molecule has 0 amide bonds. The topological polar surface area (TPSA) is 56.7 Å². The Morgan fingerprint density at radius 1 is 1.00 bits per heavy atom. The molecule has 0 radical (unpaired) electrons. The minimum absolute atomic E-state index is 0.647. The van der Waals surface area contributed by atoms with Gasteiger partial charge in [-0.3, -0.25) is 4.57 Å². The first-order valence-corrected chi connectivity index (χ1v) is 7.06. The van der Waals surface area contributed by atoms with Crippen molar-refractivity contribution < 1.29 is 0 Å². The molecule has 2 N–H and O–H groups in total. The van der Waals surface area contributed by atoms with Crippen LogP contribution in [0.15, 0.2) is 54.6 Å². The van der Waals surface area contributed by atoms with Crippen molar-refractivity contribution in [3.8, 4) is 17.1 Å². The fourth-order valence-electron chi connectivity index (χ4n) is 2.47. The van der Waals surface area contributed by atoms with Gasteiger partial charge in [-0.25, -0.2) is 0 Å². The van der Waals surface area contributed by atoms with Crippen LogP contribution in [0.5, 0.6) is 0 Å². The monoisotopic (exact) mass is 278 g/mol. The molecule has 0 atom stereocenters. The van der Waals surface area contributed by atoms with Gasteiger partial charge in [-0.2, -0.15) is 0 Å². The Morgan fingerprint density at radius 3 is 2.57 bits per heavy atom. The molecule has 4 heteroatoms. The molecule has 0 unspecified atom stereocenters. The van der Waals surface area contributed by atoms with Gasteiger partial charge in [0.15, 0.2) is 5.82 Å². The number of para-hydroxylation sites is 1. The Kier molecular flexibility index (Phi) is 3.79. The lowest BCUT2D eigenvalue weighted by Crippen LogP contribution is -2.03. The van der Waals surface area contributed by atoms with Gasteiger partial charge in [0.05, 0.1) is 0 Å². The zero-order chi connectivity index (χ0) is 14.7. The maximum atomic E-state index is 5.64. The van der Waals surface area contributed by atoms with Crippen LogP contribution in [0.2, 0.25) is 0 Å². The molecule has 0 spiro atoms. The van der Waals surface area contributed by atoms with E-state index in [2.05, 4.69) is 45.1 Å². The lowest BCUT2D eigenvalue weighted by atomic mass is 10.1. The van der Waals surface area contributed by atoms with Gasteiger partial charge in [0.2, 0.25) is 0 Å². The van der Waals surface area contributed by atoms with Crippen LogP contribution in [0.1, 0.15) is 11.4 Å². The van der Waals surface area contributed by atoms with Gasteiger partial charge in [-0.15, -0.1) is 10.2 Å². The molecule has 0 fully saturated rings. The maximum absolute atomic E-state index is 5.64. The molecule has 0 bridgehead atoms. The average Bonchev–Trinajstić information content (AvgIpc) is 2.90. The number of aryl methyl sites for hydroxylation is 1. The Labute approximate surface area is 124 Å². The zero-order valence-electron chi connectivity index (χ0n) is 12.0. The third kappa shape index (κ3) is 2.71. The molecule has 3 aromatic rings. The SMILES string of the molecule is Cc1nnc(-c2cccc(CCN)c2)n1-c1ccccc1. The maximum Gasteiger partial charge on any atom is 0.168 e. The first-order chi connectivity index (χ1) is 10.3. The number of nitrogens with two attached hydrogens (primary N) is 1. The average molecular weight is 278 g/mol. The molecule has 106 valence electrons. The second kappa shape index (κ2) is 5.89. The summed E-state index contributed by atoms with van der Waals surface area (Å²) in [5.74, 6) is 1.73. The van der Waals surface area contributed by atoms with Crippen LogP contribution in [0.25, 0.3) is 17.1 Å². The van der Waals surface area contributed by atoms with Crippen LogP contribution in [0.4, 0.5) is 0 Å². The summed E-state index contributed by atoms with van der Waals surface area (Å²) in [7, 11) is 0. The largest absolute Gasteiger partial charge is 0.330 e. The third-order valence-corrected chi connectivity index (χ3v) is 3.46. The molecule has 2 aromatic carbocycles. The minimum Gasteiger partial charge on any atom is -0.330 e.